The van der Waals surface area contributed by atoms with Crippen LogP contribution in [-0.2, 0) is 19.1 Å². The Morgan fingerprint density at radius 2 is 1.36 bits per heavy atom. The molecular formula is C26H26N2O11. The van der Waals surface area contributed by atoms with Crippen molar-refractivity contribution in [3.63, 3.8) is 0 Å². The first-order valence-corrected chi connectivity index (χ1v) is 10.3. The number of non-ortho nitro benzene ring substituents is 2. The number of esters is 2. The van der Waals surface area contributed by atoms with Crippen molar-refractivity contribution >= 4 is 29.3 Å². The molecule has 0 heterocycles. The maximum absolute atomic E-state index is 10.9. The lowest BCUT2D eigenvalue weighted by atomic mass is 10.3. The maximum Gasteiger partial charge on any atom is 0.389 e. The zero-order valence-corrected chi connectivity index (χ0v) is 21.4. The Morgan fingerprint density at radius 1 is 0.949 bits per heavy atom. The molecule has 0 aliphatic carbocycles. The number of phenolic OH excluding ortho intramolecular Hbond substituents is 1. The van der Waals surface area contributed by atoms with Crippen molar-refractivity contribution in [2.24, 2.45) is 0 Å². The van der Waals surface area contributed by atoms with Gasteiger partial charge in [0.1, 0.15) is 12.9 Å². The minimum absolute atomic E-state index is 0.0159. The molecular weight excluding hydrogens is 516 g/mol. The van der Waals surface area contributed by atoms with Gasteiger partial charge in [-0.1, -0.05) is 11.8 Å². The predicted octanol–water partition coefficient (Wildman–Crippen LogP) is 3.74. The third-order valence-electron chi connectivity index (χ3n) is 3.13. The van der Waals surface area contributed by atoms with E-state index in [0.717, 1.165) is 0 Å². The minimum atomic E-state index is -1.07. The molecule has 0 aromatic heterocycles. The fraction of sp³-hybridized carbons (Fsp3) is 0.192. The summed E-state index contributed by atoms with van der Waals surface area (Å²) in [6.45, 7) is 6.64. The van der Waals surface area contributed by atoms with E-state index < -0.39 is 21.8 Å². The summed E-state index contributed by atoms with van der Waals surface area (Å²) in [6.07, 6.45) is 5.76. The number of ether oxygens (including phenoxy) is 2. The first-order chi connectivity index (χ1) is 18.8. The average molecular weight is 544 g/mol. The summed E-state index contributed by atoms with van der Waals surface area (Å²) in [5.74, 6) is 6.96. The van der Waals surface area contributed by atoms with Crippen molar-refractivity contribution in [3.8, 4) is 48.0 Å². The van der Waals surface area contributed by atoms with Gasteiger partial charge in [-0.2, -0.15) is 0 Å². The van der Waals surface area contributed by atoms with E-state index >= 15 is 0 Å². The number of carboxylic acid groups (broad SMARTS) is 1. The Hall–Kier alpha value is -5.87. The maximum atomic E-state index is 10.9. The highest BCUT2D eigenvalue weighted by Crippen LogP contribution is 2.17. The van der Waals surface area contributed by atoms with Gasteiger partial charge >= 0.3 is 17.9 Å². The molecule has 0 saturated carbocycles. The average Bonchev–Trinajstić information content (AvgIpc) is 2.86. The number of aliphatic carboxylic acids is 1. The molecule has 13 nitrogen and oxygen atoms in total. The van der Waals surface area contributed by atoms with Gasteiger partial charge in [0, 0.05) is 43.0 Å². The number of rotatable bonds is 4. The number of carbonyl (C=O) groups excluding carboxylic acids is 2. The summed E-state index contributed by atoms with van der Waals surface area (Å²) in [7, 11) is 0. The monoisotopic (exact) mass is 543 g/mol. The van der Waals surface area contributed by atoms with Crippen LogP contribution >= 0.6 is 0 Å². The number of hydrogen-bond donors (Lipinski definition) is 2. The SMILES string of the molecule is CC#CC(=O)O.CC#CC(=O)Oc1ccc([N+](=O)[O-])cc1.CCOC(C)=O.O=[N+]([O-])c1ccc(O)cc1.[2H]C#C. The zero-order valence-electron chi connectivity index (χ0n) is 22.4. The van der Waals surface area contributed by atoms with Gasteiger partial charge in [-0.15, -0.1) is 12.8 Å². The van der Waals surface area contributed by atoms with Crippen molar-refractivity contribution in [2.75, 3.05) is 6.61 Å². The molecule has 0 radical (unpaired) electrons. The fourth-order valence-corrected chi connectivity index (χ4v) is 1.76. The van der Waals surface area contributed by atoms with Crippen molar-refractivity contribution in [1.82, 2.24) is 0 Å². The van der Waals surface area contributed by atoms with Crippen molar-refractivity contribution in [2.45, 2.75) is 27.7 Å². The molecule has 206 valence electrons. The third kappa shape index (κ3) is 23.6. The first kappa shape index (κ1) is 35.3. The number of terminal acetylenes is 1. The fourth-order valence-electron chi connectivity index (χ4n) is 1.76. The third-order valence-corrected chi connectivity index (χ3v) is 3.13. The molecule has 2 rings (SSSR count). The Bertz CT molecular complexity index is 1260. The summed E-state index contributed by atoms with van der Waals surface area (Å²) in [5.41, 5.74) is -0.0748. The van der Waals surface area contributed by atoms with Gasteiger partial charge in [0.05, 0.1) is 16.5 Å². The molecule has 0 spiro atoms. The molecule has 0 atom stereocenters. The molecule has 2 N–H and O–H groups in total. The second-order valence-corrected chi connectivity index (χ2v) is 5.89. The van der Waals surface area contributed by atoms with Crippen LogP contribution in [0, 0.1) is 56.7 Å². The molecule has 39 heavy (non-hydrogen) atoms. The first-order valence-electron chi connectivity index (χ1n) is 10.8. The standard InChI is InChI=1S/C10H7NO4.C6H5NO3.C4H8O2.C4H4O2.C2H2/c1-2-3-10(12)15-9-6-4-8(5-7-9)11(13)14;8-6-3-1-5(2-4-6)7(9)10;1-3-6-4(2)5;1-2-3-4(5)6;1-2/h4-7H,1H3;1-4,8H;3H2,1-2H3;1H3,(H,5,6);1-2H/i;;;;1D. The lowest BCUT2D eigenvalue weighted by molar-refractivity contribution is -0.385. The summed E-state index contributed by atoms with van der Waals surface area (Å²) in [5, 5.41) is 36.8. The van der Waals surface area contributed by atoms with E-state index in [9.17, 15) is 34.6 Å². The second-order valence-electron chi connectivity index (χ2n) is 5.89. The van der Waals surface area contributed by atoms with Gasteiger partial charge in [-0.3, -0.25) is 25.0 Å². The normalized spacial score (nSPS) is 7.92. The van der Waals surface area contributed by atoms with Crippen molar-refractivity contribution < 1.29 is 45.3 Å². The van der Waals surface area contributed by atoms with Crippen LogP contribution in [0.15, 0.2) is 48.5 Å². The minimum Gasteiger partial charge on any atom is -0.508 e. The van der Waals surface area contributed by atoms with E-state index in [1.54, 1.807) is 6.92 Å². The van der Waals surface area contributed by atoms with Gasteiger partial charge in [0.2, 0.25) is 0 Å². The number of benzene rings is 2. The molecule has 0 aliphatic rings. The van der Waals surface area contributed by atoms with Gasteiger partial charge in [0.15, 0.2) is 0 Å². The van der Waals surface area contributed by atoms with Crippen molar-refractivity contribution in [1.29, 1.82) is 0 Å². The second kappa shape index (κ2) is 23.9. The van der Waals surface area contributed by atoms with E-state index in [-0.39, 0.29) is 28.8 Å². The summed E-state index contributed by atoms with van der Waals surface area (Å²) < 4.78 is 14.9. The van der Waals surface area contributed by atoms with Crippen LogP contribution < -0.4 is 4.74 Å². The van der Waals surface area contributed by atoms with E-state index in [2.05, 4.69) is 28.9 Å². The number of carboxylic acids is 1. The Kier molecular flexibility index (Phi) is 21.6. The summed E-state index contributed by atoms with van der Waals surface area (Å²) >= 11 is 0. The van der Waals surface area contributed by atoms with E-state index in [1.165, 1.54) is 75.7 Å². The number of nitro groups is 2. The quantitative estimate of drug-likeness (QED) is 0.142. The molecule has 0 saturated heterocycles. The van der Waals surface area contributed by atoms with Crippen LogP contribution in [0.1, 0.15) is 29.1 Å². The highest BCUT2D eigenvalue weighted by molar-refractivity contribution is 5.90. The summed E-state index contributed by atoms with van der Waals surface area (Å²) in [4.78, 5) is 49.5. The molecule has 2 aromatic carbocycles. The van der Waals surface area contributed by atoms with E-state index in [0.29, 0.717) is 6.61 Å². The van der Waals surface area contributed by atoms with E-state index in [4.69, 9.17) is 16.3 Å². The smallest absolute Gasteiger partial charge is 0.389 e. The van der Waals surface area contributed by atoms with Crippen LogP contribution in [0.5, 0.6) is 11.5 Å². The number of aromatic hydroxyl groups is 1. The van der Waals surface area contributed by atoms with E-state index in [1.807, 2.05) is 5.92 Å². The molecule has 13 heteroatoms. The predicted molar refractivity (Wildman–Crippen MR) is 140 cm³/mol. The van der Waals surface area contributed by atoms with Crippen molar-refractivity contribution in [3.05, 3.63) is 68.8 Å². The number of nitro benzene ring substituents is 2. The molecule has 0 unspecified atom stereocenters. The molecule has 0 fully saturated rings. The lowest BCUT2D eigenvalue weighted by Gasteiger charge is -1.98. The lowest BCUT2D eigenvalue weighted by Crippen LogP contribution is -2.04. The zero-order chi connectivity index (χ0) is 31.5. The number of carbonyl (C=O) groups is 3. The Labute approximate surface area is 226 Å². The number of hydrogen-bond acceptors (Lipinski definition) is 10. The van der Waals surface area contributed by atoms with Gasteiger partial charge in [0.25, 0.3) is 11.4 Å². The van der Waals surface area contributed by atoms with Crippen LogP contribution in [0.3, 0.4) is 0 Å². The topological polar surface area (TPSA) is 196 Å². The Morgan fingerprint density at radius 3 is 1.62 bits per heavy atom. The number of nitrogens with zero attached hydrogens (tertiary/aromatic N) is 2. The van der Waals surface area contributed by atoms with Gasteiger partial charge < -0.3 is 19.7 Å². The van der Waals surface area contributed by atoms with Crippen LogP contribution in [0.2, 0.25) is 0 Å². The molecule has 0 aliphatic heterocycles. The van der Waals surface area contributed by atoms with Crippen LogP contribution in [0.25, 0.3) is 0 Å². The molecule has 0 bridgehead atoms. The largest absolute Gasteiger partial charge is 0.508 e. The van der Waals surface area contributed by atoms with Crippen LogP contribution in [-0.4, -0.2) is 44.6 Å². The Balaban J connectivity index is -0.000000474. The van der Waals surface area contributed by atoms with Crippen LogP contribution in [0.4, 0.5) is 11.4 Å². The highest BCUT2D eigenvalue weighted by Gasteiger charge is 2.06. The number of phenols is 1. The highest BCUT2D eigenvalue weighted by atomic mass is 16.6. The molecule has 2 aromatic rings. The molecule has 0 amide bonds. The van der Waals surface area contributed by atoms with Gasteiger partial charge in [-0.05, 0) is 45.0 Å². The summed E-state index contributed by atoms with van der Waals surface area (Å²) in [6, 6.07) is 10.2. The van der Waals surface area contributed by atoms with Gasteiger partial charge in [-0.25, -0.2) is 9.59 Å².